The van der Waals surface area contributed by atoms with Gasteiger partial charge in [-0.15, -0.1) is 0 Å². The van der Waals surface area contributed by atoms with Crippen LogP contribution in [-0.2, 0) is 20.8 Å². The number of carboxylic acids is 1. The zero-order chi connectivity index (χ0) is 24.4. The van der Waals surface area contributed by atoms with Gasteiger partial charge in [0.15, 0.2) is 5.78 Å². The first kappa shape index (κ1) is 25.0. The SMILES string of the molecule is COc1cc(OC)c(/C=C/C(=O)Cc2ccc(OC)c(NC(=O)/C=C\C(=O)O)c2)c(OC)c1. The number of carboxylic acid groups (broad SMARTS) is 1. The Morgan fingerprint density at radius 3 is 2.03 bits per heavy atom. The standard InChI is InChI=1S/C24H25NO8/c1-30-17-13-21(32-3)18(22(14-17)33-4)7-6-16(26)11-15-5-8-20(31-2)19(12-15)25-23(27)9-10-24(28)29/h5-10,12-14H,11H2,1-4H3,(H,25,27)(H,28,29)/b7-6+,10-9-. The van der Waals surface area contributed by atoms with Crippen molar-refractivity contribution in [1.82, 2.24) is 0 Å². The summed E-state index contributed by atoms with van der Waals surface area (Å²) >= 11 is 0. The number of aliphatic carboxylic acids is 1. The summed E-state index contributed by atoms with van der Waals surface area (Å²) in [6.45, 7) is 0. The molecular weight excluding hydrogens is 430 g/mol. The predicted molar refractivity (Wildman–Crippen MR) is 122 cm³/mol. The lowest BCUT2D eigenvalue weighted by Gasteiger charge is -2.12. The summed E-state index contributed by atoms with van der Waals surface area (Å²) in [6, 6.07) is 8.26. The number of carbonyl (C=O) groups is 3. The topological polar surface area (TPSA) is 120 Å². The fourth-order valence-corrected chi connectivity index (χ4v) is 2.92. The van der Waals surface area contributed by atoms with Gasteiger partial charge in [-0.3, -0.25) is 9.59 Å². The highest BCUT2D eigenvalue weighted by Gasteiger charge is 2.12. The molecule has 0 heterocycles. The van der Waals surface area contributed by atoms with Gasteiger partial charge in [0, 0.05) is 30.7 Å². The van der Waals surface area contributed by atoms with Crippen molar-refractivity contribution in [1.29, 1.82) is 0 Å². The van der Waals surface area contributed by atoms with E-state index in [0.29, 0.717) is 39.8 Å². The molecule has 0 bridgehead atoms. The average Bonchev–Trinajstić information content (AvgIpc) is 2.81. The first-order chi connectivity index (χ1) is 15.8. The van der Waals surface area contributed by atoms with E-state index in [4.69, 9.17) is 24.1 Å². The number of nitrogens with one attached hydrogen (secondary N) is 1. The molecule has 2 N–H and O–H groups in total. The molecule has 0 spiro atoms. The van der Waals surface area contributed by atoms with E-state index in [1.54, 1.807) is 36.4 Å². The van der Waals surface area contributed by atoms with E-state index in [1.807, 2.05) is 0 Å². The van der Waals surface area contributed by atoms with Crippen molar-refractivity contribution >= 4 is 29.4 Å². The molecule has 9 nitrogen and oxygen atoms in total. The molecule has 0 radical (unpaired) electrons. The summed E-state index contributed by atoms with van der Waals surface area (Å²) in [4.78, 5) is 35.1. The number of allylic oxidation sites excluding steroid dienone is 1. The van der Waals surface area contributed by atoms with Gasteiger partial charge >= 0.3 is 5.97 Å². The highest BCUT2D eigenvalue weighted by Crippen LogP contribution is 2.35. The zero-order valence-corrected chi connectivity index (χ0v) is 18.7. The zero-order valence-electron chi connectivity index (χ0n) is 18.7. The van der Waals surface area contributed by atoms with Crippen LogP contribution in [0.25, 0.3) is 6.08 Å². The molecular formula is C24H25NO8. The number of methoxy groups -OCH3 is 4. The van der Waals surface area contributed by atoms with Crippen LogP contribution in [0.4, 0.5) is 5.69 Å². The molecule has 0 saturated carbocycles. The molecule has 9 heteroatoms. The normalized spacial score (nSPS) is 10.8. The molecule has 2 aromatic carbocycles. The van der Waals surface area contributed by atoms with E-state index in [0.717, 1.165) is 12.2 Å². The van der Waals surface area contributed by atoms with Gasteiger partial charge in [-0.05, 0) is 29.8 Å². The molecule has 1 amide bonds. The maximum absolute atomic E-state index is 12.6. The van der Waals surface area contributed by atoms with Crippen LogP contribution in [0.5, 0.6) is 23.0 Å². The van der Waals surface area contributed by atoms with E-state index in [-0.39, 0.29) is 12.2 Å². The second-order valence-corrected chi connectivity index (χ2v) is 6.62. The summed E-state index contributed by atoms with van der Waals surface area (Å²) in [5.41, 5.74) is 1.52. The largest absolute Gasteiger partial charge is 0.496 e. The van der Waals surface area contributed by atoms with Gasteiger partial charge in [0.2, 0.25) is 5.91 Å². The molecule has 0 aliphatic carbocycles. The van der Waals surface area contributed by atoms with Gasteiger partial charge in [0.25, 0.3) is 0 Å². The van der Waals surface area contributed by atoms with Gasteiger partial charge in [0.05, 0.1) is 39.7 Å². The van der Waals surface area contributed by atoms with Crippen LogP contribution in [0.15, 0.2) is 48.6 Å². The monoisotopic (exact) mass is 455 g/mol. The van der Waals surface area contributed by atoms with Crippen LogP contribution in [-0.4, -0.2) is 51.2 Å². The van der Waals surface area contributed by atoms with E-state index in [1.165, 1.54) is 34.5 Å². The Labute approximate surface area is 191 Å². The van der Waals surface area contributed by atoms with Crippen LogP contribution >= 0.6 is 0 Å². The second-order valence-electron chi connectivity index (χ2n) is 6.62. The van der Waals surface area contributed by atoms with E-state index >= 15 is 0 Å². The number of hydrogen-bond acceptors (Lipinski definition) is 7. The maximum Gasteiger partial charge on any atom is 0.328 e. The third-order valence-electron chi connectivity index (χ3n) is 4.47. The summed E-state index contributed by atoms with van der Waals surface area (Å²) in [6.07, 6.45) is 4.67. The Morgan fingerprint density at radius 2 is 1.48 bits per heavy atom. The van der Waals surface area contributed by atoms with Crippen molar-refractivity contribution in [3.8, 4) is 23.0 Å². The van der Waals surface area contributed by atoms with Crippen LogP contribution in [0.3, 0.4) is 0 Å². The summed E-state index contributed by atoms with van der Waals surface area (Å²) in [5.74, 6) is -0.197. The van der Waals surface area contributed by atoms with Crippen LogP contribution in [0.1, 0.15) is 11.1 Å². The van der Waals surface area contributed by atoms with Crippen molar-refractivity contribution in [3.05, 3.63) is 59.7 Å². The van der Waals surface area contributed by atoms with Crippen molar-refractivity contribution in [2.24, 2.45) is 0 Å². The minimum atomic E-state index is -1.24. The molecule has 0 unspecified atom stereocenters. The lowest BCUT2D eigenvalue weighted by molar-refractivity contribution is -0.131. The molecule has 2 rings (SSSR count). The third-order valence-corrected chi connectivity index (χ3v) is 4.47. The maximum atomic E-state index is 12.6. The minimum absolute atomic E-state index is 0.0507. The Bertz CT molecular complexity index is 1060. The Kier molecular flexibility index (Phi) is 9.05. The number of ether oxygens (including phenoxy) is 4. The fourth-order valence-electron chi connectivity index (χ4n) is 2.92. The molecule has 0 aromatic heterocycles. The van der Waals surface area contributed by atoms with E-state index < -0.39 is 11.9 Å². The second kappa shape index (κ2) is 11.9. The Morgan fingerprint density at radius 1 is 0.848 bits per heavy atom. The van der Waals surface area contributed by atoms with Gasteiger partial charge in [0.1, 0.15) is 23.0 Å². The molecule has 33 heavy (non-hydrogen) atoms. The average molecular weight is 455 g/mol. The first-order valence-electron chi connectivity index (χ1n) is 9.71. The highest BCUT2D eigenvalue weighted by atomic mass is 16.5. The number of carbonyl (C=O) groups excluding carboxylic acids is 2. The molecule has 2 aromatic rings. The summed E-state index contributed by atoms with van der Waals surface area (Å²) < 4.78 is 21.2. The van der Waals surface area contributed by atoms with Gasteiger partial charge in [-0.25, -0.2) is 4.79 Å². The van der Waals surface area contributed by atoms with Crippen molar-refractivity contribution in [2.45, 2.75) is 6.42 Å². The molecule has 0 aliphatic heterocycles. The van der Waals surface area contributed by atoms with Gasteiger partial charge in [-0.2, -0.15) is 0 Å². The molecule has 0 atom stereocenters. The molecule has 174 valence electrons. The lowest BCUT2D eigenvalue weighted by atomic mass is 10.1. The van der Waals surface area contributed by atoms with Crippen molar-refractivity contribution in [2.75, 3.05) is 33.8 Å². The minimum Gasteiger partial charge on any atom is -0.496 e. The Balaban J connectivity index is 2.21. The van der Waals surface area contributed by atoms with Crippen LogP contribution in [0.2, 0.25) is 0 Å². The lowest BCUT2D eigenvalue weighted by Crippen LogP contribution is -2.10. The van der Waals surface area contributed by atoms with Crippen molar-refractivity contribution in [3.63, 3.8) is 0 Å². The number of hydrogen-bond donors (Lipinski definition) is 2. The third kappa shape index (κ3) is 7.13. The fraction of sp³-hybridized carbons (Fsp3) is 0.208. The quantitative estimate of drug-likeness (QED) is 0.496. The Hall–Kier alpha value is -4.27. The number of rotatable bonds is 11. The van der Waals surface area contributed by atoms with Gasteiger partial charge in [-0.1, -0.05) is 6.07 Å². The predicted octanol–water partition coefficient (Wildman–Crippen LogP) is 3.13. The number of benzene rings is 2. The first-order valence-corrected chi connectivity index (χ1v) is 9.71. The van der Waals surface area contributed by atoms with Crippen LogP contribution < -0.4 is 24.3 Å². The highest BCUT2D eigenvalue weighted by molar-refractivity contribution is 6.03. The molecule has 0 aliphatic rings. The smallest absolute Gasteiger partial charge is 0.328 e. The molecule has 0 saturated heterocycles. The van der Waals surface area contributed by atoms with Crippen LogP contribution in [0, 0.1) is 0 Å². The summed E-state index contributed by atoms with van der Waals surface area (Å²) in [5, 5.41) is 11.2. The van der Waals surface area contributed by atoms with Gasteiger partial charge < -0.3 is 29.4 Å². The number of anilines is 1. The number of amides is 1. The number of ketones is 1. The van der Waals surface area contributed by atoms with Crippen molar-refractivity contribution < 1.29 is 38.4 Å². The molecule has 0 fully saturated rings. The van der Waals surface area contributed by atoms with E-state index in [2.05, 4.69) is 5.32 Å². The summed E-state index contributed by atoms with van der Waals surface area (Å²) in [7, 11) is 5.97. The van der Waals surface area contributed by atoms with E-state index in [9.17, 15) is 14.4 Å².